The number of carbonyl (C=O) groups excluding carboxylic acids is 2. The van der Waals surface area contributed by atoms with E-state index in [2.05, 4.69) is 10.1 Å². The molecule has 2 amide bonds. The Bertz CT molecular complexity index is 1150. The molecule has 1 saturated heterocycles. The number of likely N-dealkylation sites (tertiary alicyclic amines) is 1. The first-order chi connectivity index (χ1) is 17.4. The van der Waals surface area contributed by atoms with E-state index >= 15 is 0 Å². The van der Waals surface area contributed by atoms with E-state index in [9.17, 15) is 14.0 Å². The Balaban J connectivity index is 1.20. The van der Waals surface area contributed by atoms with E-state index in [0.29, 0.717) is 30.1 Å². The highest BCUT2D eigenvalue weighted by Gasteiger charge is 2.27. The first kappa shape index (κ1) is 25.3. The highest BCUT2D eigenvalue weighted by molar-refractivity contribution is 6.37. The molecule has 0 unspecified atom stereocenters. The van der Waals surface area contributed by atoms with Crippen molar-refractivity contribution in [3.8, 4) is 11.5 Å². The van der Waals surface area contributed by atoms with Gasteiger partial charge in [0.2, 0.25) is 11.8 Å². The van der Waals surface area contributed by atoms with Crippen LogP contribution in [0.15, 0.2) is 52.6 Å². The van der Waals surface area contributed by atoms with Gasteiger partial charge in [0, 0.05) is 6.54 Å². The van der Waals surface area contributed by atoms with Crippen molar-refractivity contribution in [1.29, 1.82) is 0 Å². The van der Waals surface area contributed by atoms with Gasteiger partial charge in [0.25, 0.3) is 0 Å². The molecule has 2 aromatic rings. The molecular formula is C27H30FN4O4. The molecule has 0 N–H and O–H groups in total. The molecule has 1 radical (unpaired) electrons. The summed E-state index contributed by atoms with van der Waals surface area (Å²) in [7, 11) is 0. The molecule has 8 nitrogen and oxygen atoms in total. The maximum atomic E-state index is 13.2. The lowest BCUT2D eigenvalue weighted by Crippen LogP contribution is -2.47. The predicted molar refractivity (Wildman–Crippen MR) is 135 cm³/mol. The molecule has 0 saturated carbocycles. The molecule has 0 spiro atoms. The summed E-state index contributed by atoms with van der Waals surface area (Å²) in [4.78, 5) is 30.8. The van der Waals surface area contributed by atoms with E-state index in [1.165, 1.54) is 35.0 Å². The second-order valence-electron chi connectivity index (χ2n) is 8.94. The van der Waals surface area contributed by atoms with E-state index in [1.807, 2.05) is 31.2 Å². The zero-order valence-corrected chi connectivity index (χ0v) is 20.5. The van der Waals surface area contributed by atoms with Crippen molar-refractivity contribution in [1.82, 2.24) is 9.91 Å². The Morgan fingerprint density at radius 1 is 1.17 bits per heavy atom. The molecule has 1 fully saturated rings. The average molecular weight is 494 g/mol. The number of rotatable bonds is 8. The summed E-state index contributed by atoms with van der Waals surface area (Å²) in [6.07, 6.45) is 3.24. The minimum absolute atomic E-state index is 0.0490. The van der Waals surface area contributed by atoms with Crippen molar-refractivity contribution in [2.24, 2.45) is 10.1 Å². The highest BCUT2D eigenvalue weighted by atomic mass is 19.1. The zero-order chi connectivity index (χ0) is 25.5. The molecule has 2 aromatic carbocycles. The molecule has 0 bridgehead atoms. The number of carbonyl (C=O) groups is 2. The summed E-state index contributed by atoms with van der Waals surface area (Å²) in [5.74, 6) is 0.571. The molecular weight excluding hydrogens is 463 g/mol. The smallest absolute Gasteiger partial charge is 0.249 e. The molecule has 9 heteroatoms. The largest absolute Gasteiger partial charge is 0.493 e. The summed E-state index contributed by atoms with van der Waals surface area (Å²) in [5, 5.41) is 5.66. The van der Waals surface area contributed by atoms with Crippen LogP contribution in [0.25, 0.3) is 0 Å². The lowest BCUT2D eigenvalue weighted by Gasteiger charge is -2.33. The van der Waals surface area contributed by atoms with Crippen molar-refractivity contribution in [3.63, 3.8) is 0 Å². The summed E-state index contributed by atoms with van der Waals surface area (Å²) in [6.45, 7) is 6.73. The quantitative estimate of drug-likeness (QED) is 0.560. The van der Waals surface area contributed by atoms with Crippen LogP contribution in [0.2, 0.25) is 0 Å². The van der Waals surface area contributed by atoms with Crippen molar-refractivity contribution in [2.75, 3.05) is 26.2 Å². The van der Waals surface area contributed by atoms with Crippen LogP contribution in [0.1, 0.15) is 30.4 Å². The van der Waals surface area contributed by atoms with E-state index in [0.717, 1.165) is 18.6 Å². The van der Waals surface area contributed by atoms with Crippen LogP contribution in [0.3, 0.4) is 0 Å². The fourth-order valence-corrected chi connectivity index (χ4v) is 4.03. The number of hydrazone groups is 1. The second-order valence-corrected chi connectivity index (χ2v) is 8.94. The highest BCUT2D eigenvalue weighted by Crippen LogP contribution is 2.20. The van der Waals surface area contributed by atoms with Gasteiger partial charge in [-0.15, -0.1) is 0 Å². The number of piperidine rings is 1. The zero-order valence-electron chi connectivity index (χ0n) is 20.5. The van der Waals surface area contributed by atoms with Gasteiger partial charge in [-0.25, -0.2) is 9.38 Å². The molecule has 0 aliphatic carbocycles. The van der Waals surface area contributed by atoms with Gasteiger partial charge in [-0.1, -0.05) is 17.7 Å². The fourth-order valence-electron chi connectivity index (χ4n) is 4.03. The topological polar surface area (TPSA) is 83.8 Å². The third kappa shape index (κ3) is 7.13. The van der Waals surface area contributed by atoms with E-state index < -0.39 is 0 Å². The van der Waals surface area contributed by atoms with Gasteiger partial charge < -0.3 is 14.4 Å². The van der Waals surface area contributed by atoms with Crippen molar-refractivity contribution < 1.29 is 23.5 Å². The first-order valence-electron chi connectivity index (χ1n) is 12.0. The summed E-state index contributed by atoms with van der Waals surface area (Å²) < 4.78 is 24.8. The number of amides is 2. The molecule has 2 aliphatic heterocycles. The van der Waals surface area contributed by atoms with Gasteiger partial charge in [-0.2, -0.15) is 5.10 Å². The van der Waals surface area contributed by atoms with Crippen LogP contribution in [0.4, 0.5) is 4.39 Å². The number of aliphatic imine (C=N–C) groups is 1. The number of aryl methyl sites for hydroxylation is 2. The third-order valence-corrected chi connectivity index (χ3v) is 5.94. The number of ether oxygens (including phenoxy) is 2. The third-order valence-electron chi connectivity index (χ3n) is 5.94. The van der Waals surface area contributed by atoms with E-state index in [4.69, 9.17) is 9.47 Å². The second kappa shape index (κ2) is 11.8. The molecule has 1 atom stereocenters. The lowest BCUT2D eigenvalue weighted by molar-refractivity contribution is -0.134. The monoisotopic (exact) mass is 493 g/mol. The summed E-state index contributed by atoms with van der Waals surface area (Å²) >= 11 is 0. The molecule has 4 rings (SSSR count). The number of benzene rings is 2. The van der Waals surface area contributed by atoms with Gasteiger partial charge >= 0.3 is 0 Å². The van der Waals surface area contributed by atoms with Crippen LogP contribution in [-0.2, 0) is 9.59 Å². The van der Waals surface area contributed by atoms with Crippen molar-refractivity contribution >= 4 is 23.7 Å². The normalized spacial score (nSPS) is 18.5. The number of nitrogens with zero attached hydrogens (tertiary/aromatic N) is 4. The number of hydrogen-bond acceptors (Lipinski definition) is 6. The van der Waals surface area contributed by atoms with E-state index in [1.54, 1.807) is 18.4 Å². The maximum absolute atomic E-state index is 13.2. The molecule has 189 valence electrons. The number of halogens is 1. The Kier molecular flexibility index (Phi) is 8.30. The maximum Gasteiger partial charge on any atom is 0.249 e. The summed E-state index contributed by atoms with van der Waals surface area (Å²) in [5.41, 5.74) is 2.21. The molecule has 36 heavy (non-hydrogen) atoms. The molecule has 2 aliphatic rings. The standard InChI is InChI=1S/C27H30FN4O4/c1-19-5-8-23(9-6-19)36-24-4-3-12-31(17-24)27(34)18-32-16-22(15-29-32)30-26(33)11-13-35-25-10-7-21(28)14-20(25)2/h5-10,14-16,24H,3-4,11-13,17-18H2,1-2H3/t24-/m0/s1. The SMILES string of the molecule is Cc1ccc(O[C@H]2CCCN(C(=O)CN3[CH]C(=NC(=O)CCOc4ccc(F)cc4C)C=N3)C2)cc1. The van der Waals surface area contributed by atoms with Crippen LogP contribution in [-0.4, -0.2) is 66.0 Å². The van der Waals surface area contributed by atoms with E-state index in [-0.39, 0.29) is 43.3 Å². The minimum atomic E-state index is -0.368. The Labute approximate surface area is 210 Å². The Morgan fingerprint density at radius 2 is 1.97 bits per heavy atom. The van der Waals surface area contributed by atoms with Gasteiger partial charge in [0.05, 0.1) is 31.5 Å². The van der Waals surface area contributed by atoms with Gasteiger partial charge in [0.15, 0.2) is 0 Å². The van der Waals surface area contributed by atoms with Crippen LogP contribution >= 0.6 is 0 Å². The van der Waals surface area contributed by atoms with Crippen molar-refractivity contribution in [3.05, 3.63) is 66.0 Å². The van der Waals surface area contributed by atoms with Crippen LogP contribution in [0, 0.1) is 26.2 Å². The summed E-state index contributed by atoms with van der Waals surface area (Å²) in [6, 6.07) is 12.1. The number of hydrogen-bond donors (Lipinski definition) is 0. The fraction of sp³-hybridized carbons (Fsp3) is 0.370. The molecule has 0 aromatic heterocycles. The van der Waals surface area contributed by atoms with Gasteiger partial charge in [-0.05, 0) is 62.6 Å². The predicted octanol–water partition coefficient (Wildman–Crippen LogP) is 3.71. The first-order valence-corrected chi connectivity index (χ1v) is 12.0. The van der Waals surface area contributed by atoms with Crippen molar-refractivity contribution in [2.45, 2.75) is 39.2 Å². The minimum Gasteiger partial charge on any atom is -0.493 e. The molecule has 2 heterocycles. The average Bonchev–Trinajstić information content (AvgIpc) is 3.28. The Morgan fingerprint density at radius 3 is 2.75 bits per heavy atom. The van der Waals surface area contributed by atoms with Crippen LogP contribution < -0.4 is 9.47 Å². The van der Waals surface area contributed by atoms with Gasteiger partial charge in [-0.3, -0.25) is 14.6 Å². The van der Waals surface area contributed by atoms with Gasteiger partial charge in [0.1, 0.15) is 36.5 Å². The van der Waals surface area contributed by atoms with Crippen LogP contribution in [0.5, 0.6) is 11.5 Å². The lowest BCUT2D eigenvalue weighted by atomic mass is 10.1. The Hall–Kier alpha value is -3.75.